The molecule has 0 spiro atoms. The smallest absolute Gasteiger partial charge is 0.255 e. The van der Waals surface area contributed by atoms with Crippen molar-refractivity contribution in [1.82, 2.24) is 9.97 Å². The van der Waals surface area contributed by atoms with E-state index in [2.05, 4.69) is 20.6 Å². The van der Waals surface area contributed by atoms with Gasteiger partial charge in [-0.2, -0.15) is 0 Å². The Kier molecular flexibility index (Phi) is 6.38. The molecule has 8 nitrogen and oxygen atoms in total. The summed E-state index contributed by atoms with van der Waals surface area (Å²) in [6.07, 6.45) is 0. The molecule has 0 fully saturated rings. The molecule has 8 heteroatoms. The van der Waals surface area contributed by atoms with Crippen LogP contribution in [0.1, 0.15) is 21.7 Å². The first kappa shape index (κ1) is 23.7. The highest BCUT2D eigenvalue weighted by Gasteiger charge is 2.10. The van der Waals surface area contributed by atoms with Gasteiger partial charge in [-0.3, -0.25) is 9.59 Å². The number of nitrogens with one attached hydrogen (secondary N) is 2. The van der Waals surface area contributed by atoms with Crippen LogP contribution < -0.4 is 20.8 Å². The Balaban J connectivity index is 1.27. The van der Waals surface area contributed by atoms with Crippen LogP contribution in [0.15, 0.2) is 88.1 Å². The molecule has 0 radical (unpaired) electrons. The molecule has 2 heterocycles. The van der Waals surface area contributed by atoms with Crippen LogP contribution in [0.25, 0.3) is 22.3 Å². The zero-order valence-corrected chi connectivity index (χ0v) is 20.5. The van der Waals surface area contributed by atoms with E-state index in [9.17, 15) is 9.59 Å². The van der Waals surface area contributed by atoms with Crippen LogP contribution in [0.3, 0.4) is 0 Å². The van der Waals surface area contributed by atoms with E-state index in [4.69, 9.17) is 9.15 Å². The lowest BCUT2D eigenvalue weighted by molar-refractivity contribution is 0.102. The molecule has 0 atom stereocenters. The lowest BCUT2D eigenvalue weighted by Crippen LogP contribution is -2.11. The molecule has 3 aromatic carbocycles. The molecule has 0 unspecified atom stereocenters. The molecule has 0 aliphatic rings. The largest absolute Gasteiger partial charge is 0.497 e. The van der Waals surface area contributed by atoms with Gasteiger partial charge in [0.15, 0.2) is 5.43 Å². The molecule has 5 aromatic rings. The number of anilines is 3. The van der Waals surface area contributed by atoms with Crippen molar-refractivity contribution >= 4 is 34.2 Å². The molecule has 0 bridgehead atoms. The maximum absolute atomic E-state index is 12.7. The van der Waals surface area contributed by atoms with E-state index in [1.54, 1.807) is 73.8 Å². The Morgan fingerprint density at radius 3 is 2.19 bits per heavy atom. The van der Waals surface area contributed by atoms with E-state index < -0.39 is 0 Å². The summed E-state index contributed by atoms with van der Waals surface area (Å²) in [7, 11) is 1.55. The SMILES string of the molecule is COc1ccc2oc(-c3ccc(NC(=O)c4ccc(Nc5nc(C)cc(C)n5)cc4)cc3)cc(=O)c2c1. The number of amides is 1. The first-order valence-electron chi connectivity index (χ1n) is 11.6. The van der Waals surface area contributed by atoms with E-state index >= 15 is 0 Å². The standard InChI is InChI=1S/C29H24N4O4/c1-17-14-18(2)31-29(30-17)33-22-10-6-20(7-11-22)28(35)32-21-8-4-19(5-9-21)27-16-25(34)24-15-23(36-3)12-13-26(24)37-27/h4-16H,1-3H3,(H,32,35)(H,30,31,33). The van der Waals surface area contributed by atoms with Crippen LogP contribution in [0.2, 0.25) is 0 Å². The summed E-state index contributed by atoms with van der Waals surface area (Å²) in [5.41, 5.74) is 4.69. The molecule has 5 rings (SSSR count). The highest BCUT2D eigenvalue weighted by molar-refractivity contribution is 6.04. The maximum Gasteiger partial charge on any atom is 0.255 e. The highest BCUT2D eigenvalue weighted by Crippen LogP contribution is 2.26. The molecule has 2 N–H and O–H groups in total. The van der Waals surface area contributed by atoms with Gasteiger partial charge in [0.2, 0.25) is 5.95 Å². The molecule has 2 aromatic heterocycles. The van der Waals surface area contributed by atoms with Crippen LogP contribution in [-0.4, -0.2) is 23.0 Å². The molecular weight excluding hydrogens is 468 g/mol. The Hall–Kier alpha value is -4.98. The molecule has 1 amide bonds. The van der Waals surface area contributed by atoms with E-state index in [-0.39, 0.29) is 11.3 Å². The van der Waals surface area contributed by atoms with E-state index in [1.807, 2.05) is 19.9 Å². The number of ether oxygens (including phenoxy) is 1. The predicted octanol–water partition coefficient (Wildman–Crippen LogP) is 5.87. The van der Waals surface area contributed by atoms with Crippen molar-refractivity contribution < 1.29 is 13.9 Å². The second-order valence-corrected chi connectivity index (χ2v) is 8.55. The van der Waals surface area contributed by atoms with Crippen LogP contribution in [0.5, 0.6) is 5.75 Å². The zero-order chi connectivity index (χ0) is 25.9. The van der Waals surface area contributed by atoms with Gasteiger partial charge in [0, 0.05) is 40.0 Å². The number of aromatic nitrogens is 2. The van der Waals surface area contributed by atoms with Gasteiger partial charge >= 0.3 is 0 Å². The third-order valence-corrected chi connectivity index (χ3v) is 5.75. The third-order valence-electron chi connectivity index (χ3n) is 5.75. The summed E-state index contributed by atoms with van der Waals surface area (Å²) in [5, 5.41) is 6.49. The van der Waals surface area contributed by atoms with Crippen molar-refractivity contribution in [3.63, 3.8) is 0 Å². The first-order valence-corrected chi connectivity index (χ1v) is 11.6. The summed E-state index contributed by atoms with van der Waals surface area (Å²) in [4.78, 5) is 34.1. The minimum atomic E-state index is -0.242. The van der Waals surface area contributed by atoms with Gasteiger partial charge in [-0.05, 0) is 86.6 Å². The second kappa shape index (κ2) is 9.94. The number of hydrogen-bond donors (Lipinski definition) is 2. The third kappa shape index (κ3) is 5.33. The first-order chi connectivity index (χ1) is 17.9. The lowest BCUT2D eigenvalue weighted by Gasteiger charge is -2.09. The molecule has 184 valence electrons. The number of aryl methyl sites for hydroxylation is 2. The molecule has 0 saturated heterocycles. The topological polar surface area (TPSA) is 106 Å². The monoisotopic (exact) mass is 492 g/mol. The average molecular weight is 493 g/mol. The van der Waals surface area contributed by atoms with Crippen molar-refractivity contribution in [3.8, 4) is 17.1 Å². The number of carbonyl (C=O) groups excluding carboxylic acids is 1. The molecular formula is C29H24N4O4. The predicted molar refractivity (Wildman–Crippen MR) is 144 cm³/mol. The summed E-state index contributed by atoms with van der Waals surface area (Å²) in [5.74, 6) is 1.30. The normalized spacial score (nSPS) is 10.8. The van der Waals surface area contributed by atoms with Crippen molar-refractivity contribution in [2.45, 2.75) is 13.8 Å². The Morgan fingerprint density at radius 1 is 0.838 bits per heavy atom. The maximum atomic E-state index is 12.7. The van der Waals surface area contributed by atoms with Gasteiger partial charge < -0.3 is 19.8 Å². The lowest BCUT2D eigenvalue weighted by atomic mass is 10.1. The summed E-state index contributed by atoms with van der Waals surface area (Å²) >= 11 is 0. The van der Waals surface area contributed by atoms with Crippen molar-refractivity contribution in [2.24, 2.45) is 0 Å². The number of rotatable bonds is 6. The van der Waals surface area contributed by atoms with Gasteiger partial charge in [0.25, 0.3) is 5.91 Å². The molecule has 0 saturated carbocycles. The second-order valence-electron chi connectivity index (χ2n) is 8.55. The fourth-order valence-corrected chi connectivity index (χ4v) is 3.94. The van der Waals surface area contributed by atoms with Gasteiger partial charge in [-0.25, -0.2) is 9.97 Å². The van der Waals surface area contributed by atoms with Crippen LogP contribution >= 0.6 is 0 Å². The summed E-state index contributed by atoms with van der Waals surface area (Å²) in [6.45, 7) is 3.82. The molecule has 37 heavy (non-hydrogen) atoms. The van der Waals surface area contributed by atoms with Crippen LogP contribution in [-0.2, 0) is 0 Å². The zero-order valence-electron chi connectivity index (χ0n) is 20.5. The van der Waals surface area contributed by atoms with E-state index in [0.717, 1.165) is 22.6 Å². The number of nitrogens with zero attached hydrogens (tertiary/aromatic N) is 2. The number of hydrogen-bond acceptors (Lipinski definition) is 7. The van der Waals surface area contributed by atoms with E-state index in [0.29, 0.717) is 39.7 Å². The number of fused-ring (bicyclic) bond motifs is 1. The van der Waals surface area contributed by atoms with Crippen LogP contribution in [0.4, 0.5) is 17.3 Å². The fourth-order valence-electron chi connectivity index (χ4n) is 3.94. The highest BCUT2D eigenvalue weighted by atomic mass is 16.5. The van der Waals surface area contributed by atoms with Crippen molar-refractivity contribution in [3.05, 3.63) is 106 Å². The van der Waals surface area contributed by atoms with E-state index in [1.165, 1.54) is 6.07 Å². The summed E-state index contributed by atoms with van der Waals surface area (Å²) in [6, 6.07) is 22.6. The van der Waals surface area contributed by atoms with Crippen molar-refractivity contribution in [2.75, 3.05) is 17.7 Å². The minimum absolute atomic E-state index is 0.158. The minimum Gasteiger partial charge on any atom is -0.497 e. The van der Waals surface area contributed by atoms with Crippen molar-refractivity contribution in [1.29, 1.82) is 0 Å². The number of benzene rings is 3. The van der Waals surface area contributed by atoms with Gasteiger partial charge in [0.1, 0.15) is 17.1 Å². The summed E-state index contributed by atoms with van der Waals surface area (Å²) < 4.78 is 11.1. The van der Waals surface area contributed by atoms with Gasteiger partial charge in [-0.15, -0.1) is 0 Å². The Bertz CT molecular complexity index is 1640. The molecule has 0 aliphatic carbocycles. The van der Waals surface area contributed by atoms with Gasteiger partial charge in [-0.1, -0.05) is 0 Å². The number of methoxy groups -OCH3 is 1. The molecule has 0 aliphatic heterocycles. The van der Waals surface area contributed by atoms with Crippen LogP contribution in [0, 0.1) is 13.8 Å². The fraction of sp³-hybridized carbons (Fsp3) is 0.103. The Morgan fingerprint density at radius 2 is 1.51 bits per heavy atom. The Labute approximate surface area is 213 Å². The average Bonchev–Trinajstić information content (AvgIpc) is 2.88. The quantitative estimate of drug-likeness (QED) is 0.305. The van der Waals surface area contributed by atoms with Gasteiger partial charge in [0.05, 0.1) is 12.5 Å². The number of carbonyl (C=O) groups is 1.